The highest BCUT2D eigenvalue weighted by Gasteiger charge is 2.28. The minimum atomic E-state index is -4.31. The Morgan fingerprint density at radius 3 is 2.37 bits per heavy atom. The fourth-order valence-corrected chi connectivity index (χ4v) is 1.46. The van der Waals surface area contributed by atoms with Crippen LogP contribution in [0.3, 0.4) is 0 Å². The van der Waals surface area contributed by atoms with Crippen LogP contribution in [0.15, 0.2) is 22.7 Å². The third-order valence-electron chi connectivity index (χ3n) is 2.33. The number of alkyl halides is 3. The van der Waals surface area contributed by atoms with E-state index in [1.165, 1.54) is 18.2 Å². The van der Waals surface area contributed by atoms with E-state index in [1.54, 1.807) is 0 Å². The molecule has 102 valence electrons. The number of hydrogen-bond acceptors (Lipinski definition) is 5. The van der Waals surface area contributed by atoms with Crippen LogP contribution in [0.1, 0.15) is 12.2 Å². The van der Waals surface area contributed by atoms with Crippen LogP contribution in [0.5, 0.6) is 11.5 Å². The van der Waals surface area contributed by atoms with E-state index in [4.69, 9.17) is 4.52 Å². The molecule has 0 fully saturated rings. The highest BCUT2D eigenvalue weighted by molar-refractivity contribution is 5.69. The lowest BCUT2D eigenvalue weighted by Gasteiger charge is -2.02. The average Bonchev–Trinajstić information content (AvgIpc) is 2.74. The molecule has 0 saturated carbocycles. The maximum atomic E-state index is 12.0. The number of halogens is 3. The van der Waals surface area contributed by atoms with E-state index in [2.05, 4.69) is 10.1 Å². The molecule has 0 aliphatic heterocycles. The van der Waals surface area contributed by atoms with Gasteiger partial charge in [0.25, 0.3) is 5.89 Å². The van der Waals surface area contributed by atoms with Crippen molar-refractivity contribution < 1.29 is 27.9 Å². The molecule has 8 heteroatoms. The fourth-order valence-electron chi connectivity index (χ4n) is 1.46. The van der Waals surface area contributed by atoms with E-state index in [0.29, 0.717) is 0 Å². The summed E-state index contributed by atoms with van der Waals surface area (Å²) in [5, 5.41) is 22.5. The van der Waals surface area contributed by atoms with Gasteiger partial charge in [-0.2, -0.15) is 18.2 Å². The van der Waals surface area contributed by atoms with Crippen LogP contribution in [0.4, 0.5) is 13.2 Å². The zero-order chi connectivity index (χ0) is 14.0. The molecule has 2 aromatic rings. The van der Waals surface area contributed by atoms with Crippen molar-refractivity contribution in [2.75, 3.05) is 0 Å². The molecular formula is C11H9F3N2O3. The van der Waals surface area contributed by atoms with Gasteiger partial charge in [-0.15, -0.1) is 0 Å². The second-order valence-electron chi connectivity index (χ2n) is 3.80. The Morgan fingerprint density at radius 2 is 1.79 bits per heavy atom. The largest absolute Gasteiger partial charge is 0.507 e. The molecule has 2 rings (SSSR count). The number of nitrogens with zero attached hydrogens (tertiary/aromatic N) is 2. The van der Waals surface area contributed by atoms with Crippen molar-refractivity contribution in [3.8, 4) is 23.0 Å². The van der Waals surface area contributed by atoms with Gasteiger partial charge in [0, 0.05) is 6.42 Å². The van der Waals surface area contributed by atoms with Gasteiger partial charge in [-0.25, -0.2) is 0 Å². The molecule has 0 saturated heterocycles. The number of benzene rings is 1. The van der Waals surface area contributed by atoms with Crippen LogP contribution in [0.25, 0.3) is 11.5 Å². The number of phenols is 2. The number of aromatic hydroxyl groups is 2. The number of aryl methyl sites for hydroxylation is 1. The molecule has 5 nitrogen and oxygen atoms in total. The Labute approximate surface area is 105 Å². The summed E-state index contributed by atoms with van der Waals surface area (Å²) in [7, 11) is 0. The van der Waals surface area contributed by atoms with E-state index in [9.17, 15) is 23.4 Å². The van der Waals surface area contributed by atoms with Crippen LogP contribution in [-0.4, -0.2) is 26.5 Å². The normalized spacial score (nSPS) is 11.7. The summed E-state index contributed by atoms with van der Waals surface area (Å²) < 4.78 is 40.8. The second-order valence-corrected chi connectivity index (χ2v) is 3.80. The summed E-state index contributed by atoms with van der Waals surface area (Å²) in [5.74, 6) is -0.972. The molecule has 0 unspecified atom stereocenters. The second kappa shape index (κ2) is 4.79. The number of aromatic nitrogens is 2. The summed E-state index contributed by atoms with van der Waals surface area (Å²) in [6.07, 6.45) is -5.81. The van der Waals surface area contributed by atoms with Crippen molar-refractivity contribution in [1.29, 1.82) is 0 Å². The average molecular weight is 274 g/mol. The van der Waals surface area contributed by atoms with Crippen LogP contribution in [0, 0.1) is 0 Å². The van der Waals surface area contributed by atoms with Gasteiger partial charge in [0.15, 0.2) is 5.82 Å². The first-order chi connectivity index (χ1) is 8.87. The van der Waals surface area contributed by atoms with Crippen LogP contribution < -0.4 is 0 Å². The predicted octanol–water partition coefficient (Wildman–Crippen LogP) is 2.64. The lowest BCUT2D eigenvalue weighted by molar-refractivity contribution is -0.134. The smallest absolute Gasteiger partial charge is 0.389 e. The molecule has 1 heterocycles. The molecule has 19 heavy (non-hydrogen) atoms. The Morgan fingerprint density at radius 1 is 1.16 bits per heavy atom. The third-order valence-corrected chi connectivity index (χ3v) is 2.33. The van der Waals surface area contributed by atoms with Gasteiger partial charge < -0.3 is 14.7 Å². The highest BCUT2D eigenvalue weighted by atomic mass is 19.4. The van der Waals surface area contributed by atoms with E-state index < -0.39 is 19.0 Å². The highest BCUT2D eigenvalue weighted by Crippen LogP contribution is 2.35. The zero-order valence-electron chi connectivity index (χ0n) is 9.48. The Bertz CT molecular complexity index is 561. The molecule has 0 aliphatic carbocycles. The SMILES string of the molecule is Oc1cccc(O)c1-c1nc(CCC(F)(F)F)no1. The molecule has 0 spiro atoms. The summed E-state index contributed by atoms with van der Waals surface area (Å²) in [4.78, 5) is 3.71. The minimum Gasteiger partial charge on any atom is -0.507 e. The molecule has 0 aliphatic rings. The first kappa shape index (κ1) is 13.2. The lowest BCUT2D eigenvalue weighted by Crippen LogP contribution is -2.09. The molecular weight excluding hydrogens is 265 g/mol. The molecule has 2 N–H and O–H groups in total. The van der Waals surface area contributed by atoms with Crippen molar-refractivity contribution in [3.05, 3.63) is 24.0 Å². The summed E-state index contributed by atoms with van der Waals surface area (Å²) in [6, 6.07) is 3.97. The minimum absolute atomic E-state index is 0.103. The maximum absolute atomic E-state index is 12.0. The Balaban J connectivity index is 2.22. The Kier molecular flexibility index (Phi) is 3.32. The number of phenolic OH excluding ortho intramolecular Hbond substituents is 2. The number of hydrogen-bond donors (Lipinski definition) is 2. The summed E-state index contributed by atoms with van der Waals surface area (Å²) in [5.41, 5.74) is -0.103. The van der Waals surface area contributed by atoms with Crippen LogP contribution in [0.2, 0.25) is 0 Å². The summed E-state index contributed by atoms with van der Waals surface area (Å²) >= 11 is 0. The first-order valence-corrected chi connectivity index (χ1v) is 5.27. The van der Waals surface area contributed by atoms with Gasteiger partial charge >= 0.3 is 6.18 Å². The van der Waals surface area contributed by atoms with E-state index in [-0.39, 0.29) is 28.8 Å². The number of rotatable bonds is 3. The quantitative estimate of drug-likeness (QED) is 0.899. The molecule has 1 aromatic heterocycles. The fraction of sp³-hybridized carbons (Fsp3) is 0.273. The summed E-state index contributed by atoms with van der Waals surface area (Å²) in [6.45, 7) is 0. The lowest BCUT2D eigenvalue weighted by atomic mass is 10.2. The van der Waals surface area contributed by atoms with Crippen LogP contribution in [-0.2, 0) is 6.42 Å². The van der Waals surface area contributed by atoms with Gasteiger partial charge in [0.1, 0.15) is 17.1 Å². The van der Waals surface area contributed by atoms with Crippen molar-refractivity contribution >= 4 is 0 Å². The topological polar surface area (TPSA) is 79.4 Å². The van der Waals surface area contributed by atoms with E-state index in [1.807, 2.05) is 0 Å². The monoisotopic (exact) mass is 274 g/mol. The van der Waals surface area contributed by atoms with Crippen molar-refractivity contribution in [3.63, 3.8) is 0 Å². The van der Waals surface area contributed by atoms with Gasteiger partial charge in [-0.1, -0.05) is 11.2 Å². The van der Waals surface area contributed by atoms with Gasteiger partial charge in [0.2, 0.25) is 0 Å². The standard InChI is InChI=1S/C11H9F3N2O3/c12-11(13,14)5-4-8-15-10(19-16-8)9-6(17)2-1-3-7(9)18/h1-3,17-18H,4-5H2. The molecule has 0 amide bonds. The van der Waals surface area contributed by atoms with Crippen molar-refractivity contribution in [2.24, 2.45) is 0 Å². The van der Waals surface area contributed by atoms with Crippen LogP contribution >= 0.6 is 0 Å². The van der Waals surface area contributed by atoms with Crippen molar-refractivity contribution in [1.82, 2.24) is 10.1 Å². The maximum Gasteiger partial charge on any atom is 0.389 e. The van der Waals surface area contributed by atoms with Gasteiger partial charge in [0.05, 0.1) is 6.42 Å². The van der Waals surface area contributed by atoms with Crippen molar-refractivity contribution in [2.45, 2.75) is 19.0 Å². The molecule has 0 radical (unpaired) electrons. The molecule has 0 bridgehead atoms. The molecule has 1 aromatic carbocycles. The van der Waals surface area contributed by atoms with Gasteiger partial charge in [-0.3, -0.25) is 0 Å². The third kappa shape index (κ3) is 3.15. The van der Waals surface area contributed by atoms with E-state index in [0.717, 1.165) is 0 Å². The molecule has 0 atom stereocenters. The van der Waals surface area contributed by atoms with E-state index >= 15 is 0 Å². The van der Waals surface area contributed by atoms with Gasteiger partial charge in [-0.05, 0) is 12.1 Å². The predicted molar refractivity (Wildman–Crippen MR) is 57.4 cm³/mol. The first-order valence-electron chi connectivity index (χ1n) is 5.27. The zero-order valence-corrected chi connectivity index (χ0v) is 9.48. The Hall–Kier alpha value is -2.25.